The van der Waals surface area contributed by atoms with E-state index < -0.39 is 0 Å². The third-order valence-corrected chi connectivity index (χ3v) is 4.62. The predicted octanol–water partition coefficient (Wildman–Crippen LogP) is 3.17. The van der Waals surface area contributed by atoms with E-state index in [2.05, 4.69) is 59.2 Å². The van der Waals surface area contributed by atoms with Gasteiger partial charge in [-0.2, -0.15) is 11.8 Å². The summed E-state index contributed by atoms with van der Waals surface area (Å²) in [6.07, 6.45) is 2.42. The molecular formula is C16H26N2S. The van der Waals surface area contributed by atoms with Gasteiger partial charge in [-0.25, -0.2) is 0 Å². The van der Waals surface area contributed by atoms with Crippen LogP contribution in [0.1, 0.15) is 31.4 Å². The van der Waals surface area contributed by atoms with E-state index in [1.165, 1.54) is 49.5 Å². The molecular weight excluding hydrogens is 252 g/mol. The van der Waals surface area contributed by atoms with Gasteiger partial charge in [0.2, 0.25) is 0 Å². The molecule has 106 valence electrons. The van der Waals surface area contributed by atoms with E-state index in [0.29, 0.717) is 6.04 Å². The minimum Gasteiger partial charge on any atom is -0.310 e. The van der Waals surface area contributed by atoms with Crippen LogP contribution in [0.3, 0.4) is 0 Å². The number of benzene rings is 1. The van der Waals surface area contributed by atoms with E-state index in [0.717, 1.165) is 6.54 Å². The van der Waals surface area contributed by atoms with Gasteiger partial charge in [0.15, 0.2) is 0 Å². The van der Waals surface area contributed by atoms with Crippen molar-refractivity contribution in [3.8, 4) is 0 Å². The largest absolute Gasteiger partial charge is 0.310 e. The fourth-order valence-electron chi connectivity index (χ4n) is 2.53. The maximum Gasteiger partial charge on any atom is 0.0332 e. The lowest BCUT2D eigenvalue weighted by Crippen LogP contribution is -2.35. The molecule has 1 saturated heterocycles. The molecule has 3 heteroatoms. The van der Waals surface area contributed by atoms with Gasteiger partial charge in [-0.05, 0) is 24.9 Å². The van der Waals surface area contributed by atoms with Gasteiger partial charge in [0, 0.05) is 37.2 Å². The van der Waals surface area contributed by atoms with Gasteiger partial charge in [0.25, 0.3) is 0 Å². The number of hydrogen-bond donors (Lipinski definition) is 1. The molecule has 1 aromatic carbocycles. The summed E-state index contributed by atoms with van der Waals surface area (Å²) in [4.78, 5) is 2.61. The fraction of sp³-hybridized carbons (Fsp3) is 0.625. The van der Waals surface area contributed by atoms with Crippen LogP contribution in [0.15, 0.2) is 30.3 Å². The van der Waals surface area contributed by atoms with Gasteiger partial charge < -0.3 is 10.2 Å². The van der Waals surface area contributed by atoms with E-state index in [4.69, 9.17) is 0 Å². The van der Waals surface area contributed by atoms with Crippen molar-refractivity contribution >= 4 is 11.8 Å². The summed E-state index contributed by atoms with van der Waals surface area (Å²) in [5.74, 6) is 2.61. The summed E-state index contributed by atoms with van der Waals surface area (Å²) in [5.41, 5.74) is 1.43. The van der Waals surface area contributed by atoms with Gasteiger partial charge in [-0.15, -0.1) is 0 Å². The molecule has 2 rings (SSSR count). The van der Waals surface area contributed by atoms with E-state index in [9.17, 15) is 0 Å². The monoisotopic (exact) mass is 278 g/mol. The highest BCUT2D eigenvalue weighted by Gasteiger charge is 2.14. The highest BCUT2D eigenvalue weighted by Crippen LogP contribution is 2.18. The van der Waals surface area contributed by atoms with Crippen molar-refractivity contribution in [2.75, 3.05) is 37.7 Å². The van der Waals surface area contributed by atoms with Gasteiger partial charge in [-0.3, -0.25) is 0 Å². The van der Waals surface area contributed by atoms with Crippen LogP contribution in [0.2, 0.25) is 0 Å². The van der Waals surface area contributed by atoms with E-state index >= 15 is 0 Å². The number of thioether (sulfide) groups is 1. The Hall–Kier alpha value is -0.510. The van der Waals surface area contributed by atoms with Crippen LogP contribution in [0, 0.1) is 0 Å². The molecule has 19 heavy (non-hydrogen) atoms. The molecule has 1 heterocycles. The molecule has 1 atom stereocenters. The third kappa shape index (κ3) is 5.17. The Kier molecular flexibility index (Phi) is 6.75. The molecule has 1 N–H and O–H groups in total. The van der Waals surface area contributed by atoms with Crippen LogP contribution in [0.4, 0.5) is 0 Å². The lowest BCUT2D eigenvalue weighted by atomic mass is 10.0. The lowest BCUT2D eigenvalue weighted by Gasteiger charge is -2.28. The summed E-state index contributed by atoms with van der Waals surface area (Å²) < 4.78 is 0. The maximum absolute atomic E-state index is 3.69. The normalized spacial score (nSPS) is 18.4. The van der Waals surface area contributed by atoms with E-state index in [-0.39, 0.29) is 0 Å². The zero-order chi connectivity index (χ0) is 13.3. The summed E-state index contributed by atoms with van der Waals surface area (Å²) >= 11 is 2.09. The second kappa shape index (κ2) is 8.62. The van der Waals surface area contributed by atoms with Crippen LogP contribution < -0.4 is 5.32 Å². The molecule has 0 aliphatic carbocycles. The predicted molar refractivity (Wildman–Crippen MR) is 85.9 cm³/mol. The van der Waals surface area contributed by atoms with Gasteiger partial charge in [0.1, 0.15) is 0 Å². The van der Waals surface area contributed by atoms with Gasteiger partial charge in [0.05, 0.1) is 0 Å². The Bertz CT molecular complexity index is 336. The highest BCUT2D eigenvalue weighted by atomic mass is 32.2. The van der Waals surface area contributed by atoms with Crippen molar-refractivity contribution in [3.05, 3.63) is 35.9 Å². The minimum absolute atomic E-state index is 0.510. The first-order valence-electron chi connectivity index (χ1n) is 7.48. The van der Waals surface area contributed by atoms with Crippen LogP contribution >= 0.6 is 11.8 Å². The third-order valence-electron chi connectivity index (χ3n) is 3.68. The van der Waals surface area contributed by atoms with Crippen molar-refractivity contribution in [3.63, 3.8) is 0 Å². The second-order valence-corrected chi connectivity index (χ2v) is 6.38. The second-order valence-electron chi connectivity index (χ2n) is 5.16. The van der Waals surface area contributed by atoms with Crippen molar-refractivity contribution in [2.45, 2.75) is 25.8 Å². The molecule has 0 amide bonds. The smallest absolute Gasteiger partial charge is 0.0332 e. The standard InChI is InChI=1S/C16H26N2S/c1-2-9-17-16(15-6-4-3-5-7-15)8-10-18-11-13-19-14-12-18/h3-7,16-17H,2,8-14H2,1H3. The number of hydrogen-bond acceptors (Lipinski definition) is 3. The first-order chi connectivity index (χ1) is 9.40. The first-order valence-corrected chi connectivity index (χ1v) is 8.64. The van der Waals surface area contributed by atoms with Crippen molar-refractivity contribution in [2.24, 2.45) is 0 Å². The minimum atomic E-state index is 0.510. The zero-order valence-corrected chi connectivity index (χ0v) is 12.8. The number of nitrogens with zero attached hydrogens (tertiary/aromatic N) is 1. The average Bonchev–Trinajstić information content (AvgIpc) is 2.49. The Morgan fingerprint density at radius 2 is 1.95 bits per heavy atom. The summed E-state index contributed by atoms with van der Waals surface area (Å²) in [6.45, 7) is 7.09. The molecule has 0 saturated carbocycles. The topological polar surface area (TPSA) is 15.3 Å². The number of rotatable bonds is 7. The van der Waals surface area contributed by atoms with Gasteiger partial charge >= 0.3 is 0 Å². The molecule has 0 aromatic heterocycles. The van der Waals surface area contributed by atoms with Crippen LogP contribution in [-0.4, -0.2) is 42.6 Å². The SMILES string of the molecule is CCCNC(CCN1CCSCC1)c1ccccc1. The summed E-state index contributed by atoms with van der Waals surface area (Å²) in [7, 11) is 0. The van der Waals surface area contributed by atoms with E-state index in [1.54, 1.807) is 0 Å². The zero-order valence-electron chi connectivity index (χ0n) is 12.0. The highest BCUT2D eigenvalue weighted by molar-refractivity contribution is 7.99. The van der Waals surface area contributed by atoms with Crippen molar-refractivity contribution in [1.29, 1.82) is 0 Å². The molecule has 0 bridgehead atoms. The lowest BCUT2D eigenvalue weighted by molar-refractivity contribution is 0.281. The molecule has 1 aliphatic rings. The van der Waals surface area contributed by atoms with E-state index in [1.807, 2.05) is 0 Å². The molecule has 1 unspecified atom stereocenters. The molecule has 2 nitrogen and oxygen atoms in total. The molecule has 0 radical (unpaired) electrons. The quantitative estimate of drug-likeness (QED) is 0.825. The van der Waals surface area contributed by atoms with Crippen LogP contribution in [0.25, 0.3) is 0 Å². The number of nitrogens with one attached hydrogen (secondary N) is 1. The maximum atomic E-state index is 3.69. The van der Waals surface area contributed by atoms with Crippen LogP contribution in [0.5, 0.6) is 0 Å². The van der Waals surface area contributed by atoms with Crippen molar-refractivity contribution < 1.29 is 0 Å². The summed E-state index contributed by atoms with van der Waals surface area (Å²) in [5, 5.41) is 3.69. The van der Waals surface area contributed by atoms with Gasteiger partial charge in [-0.1, -0.05) is 37.3 Å². The average molecular weight is 278 g/mol. The Morgan fingerprint density at radius 3 is 2.63 bits per heavy atom. The molecule has 1 aromatic rings. The Balaban J connectivity index is 1.86. The Morgan fingerprint density at radius 1 is 1.21 bits per heavy atom. The Labute approximate surface area is 122 Å². The first kappa shape index (κ1) is 14.9. The molecule has 1 fully saturated rings. The molecule has 1 aliphatic heterocycles. The van der Waals surface area contributed by atoms with Crippen LogP contribution in [-0.2, 0) is 0 Å². The molecule has 0 spiro atoms. The fourth-order valence-corrected chi connectivity index (χ4v) is 3.51. The summed E-state index contributed by atoms with van der Waals surface area (Å²) in [6, 6.07) is 11.4. The van der Waals surface area contributed by atoms with Crippen molar-refractivity contribution in [1.82, 2.24) is 10.2 Å².